The number of nitrogens with two attached hydrogens (primary N) is 1. The van der Waals surface area contributed by atoms with E-state index in [1.54, 1.807) is 29.4 Å². The van der Waals surface area contributed by atoms with Crippen molar-refractivity contribution < 1.29 is 14.0 Å². The molecule has 192 valence electrons. The molecule has 1 aromatic heterocycles. The van der Waals surface area contributed by atoms with Gasteiger partial charge in [0.1, 0.15) is 11.9 Å². The smallest absolute Gasteiger partial charge is 0.256 e. The van der Waals surface area contributed by atoms with Gasteiger partial charge in [-0.3, -0.25) is 19.5 Å². The fraction of sp³-hybridized carbons (Fsp3) is 0.536. The van der Waals surface area contributed by atoms with E-state index in [2.05, 4.69) is 15.2 Å². The van der Waals surface area contributed by atoms with Crippen LogP contribution in [0.1, 0.15) is 67.3 Å². The van der Waals surface area contributed by atoms with E-state index in [1.165, 1.54) is 12.1 Å². The van der Waals surface area contributed by atoms with Crippen molar-refractivity contribution in [2.45, 2.75) is 88.1 Å². The molecule has 36 heavy (non-hydrogen) atoms. The molecule has 1 unspecified atom stereocenters. The van der Waals surface area contributed by atoms with Crippen LogP contribution in [-0.4, -0.2) is 63.4 Å². The van der Waals surface area contributed by atoms with Crippen LogP contribution in [-0.2, 0) is 11.3 Å². The number of nitrogens with zero attached hydrogens (tertiary/aromatic N) is 3. The third-order valence-electron chi connectivity index (χ3n) is 7.93. The maximum atomic E-state index is 13.6. The minimum Gasteiger partial charge on any atom is -0.352 e. The van der Waals surface area contributed by atoms with Crippen molar-refractivity contribution in [3.63, 3.8) is 0 Å². The van der Waals surface area contributed by atoms with Crippen LogP contribution in [0, 0.1) is 5.82 Å². The quantitative estimate of drug-likeness (QED) is 0.618. The van der Waals surface area contributed by atoms with Crippen molar-refractivity contribution in [2.75, 3.05) is 6.54 Å². The van der Waals surface area contributed by atoms with Gasteiger partial charge in [0.2, 0.25) is 5.91 Å². The average Bonchev–Trinajstić information content (AvgIpc) is 3.75. The van der Waals surface area contributed by atoms with Crippen LogP contribution in [0.5, 0.6) is 0 Å². The third-order valence-corrected chi connectivity index (χ3v) is 7.93. The van der Waals surface area contributed by atoms with Gasteiger partial charge in [-0.15, -0.1) is 0 Å². The molecule has 2 heterocycles. The average molecular weight is 494 g/mol. The molecule has 7 nitrogen and oxygen atoms in total. The van der Waals surface area contributed by atoms with Crippen LogP contribution in [0.4, 0.5) is 4.39 Å². The summed E-state index contributed by atoms with van der Waals surface area (Å²) in [6, 6.07) is 10.6. The van der Waals surface area contributed by atoms with Crippen LogP contribution in [0.2, 0.25) is 0 Å². The number of carbonyl (C=O) groups is 2. The molecule has 5 rings (SSSR count). The molecule has 2 aliphatic carbocycles. The van der Waals surface area contributed by atoms with Crippen LogP contribution in [0.15, 0.2) is 48.8 Å². The Labute approximate surface area is 212 Å². The van der Waals surface area contributed by atoms with E-state index in [1.807, 2.05) is 12.1 Å². The molecular formula is C28H36FN5O2. The van der Waals surface area contributed by atoms with E-state index in [9.17, 15) is 14.0 Å². The van der Waals surface area contributed by atoms with Crippen molar-refractivity contribution in [3.8, 4) is 0 Å². The SMILES string of the molecule is NC1CCC(NC(=O)[C@H]2CC(N(Cc3ccc(F)cc3)C3CC3)CCN2C(=O)c2cccnc2)CC1. The number of nitrogens with one attached hydrogen (secondary N) is 1. The van der Waals surface area contributed by atoms with Crippen molar-refractivity contribution in [1.29, 1.82) is 0 Å². The standard InChI is InChI=1S/C28H36FN5O2/c29-21-5-3-19(4-6-21)18-34(24-11-12-24)25-13-15-33(28(36)20-2-1-14-31-17-20)26(16-25)27(35)32-23-9-7-22(30)8-10-23/h1-6,14,17,22-26H,7-13,15-16,18,30H2,(H,32,35)/t22?,23?,25?,26-/m1/s1. The van der Waals surface area contributed by atoms with E-state index in [0.29, 0.717) is 24.6 Å². The number of pyridine rings is 1. The summed E-state index contributed by atoms with van der Waals surface area (Å²) in [6.07, 6.45) is 10.4. The lowest BCUT2D eigenvalue weighted by Crippen LogP contribution is -2.59. The molecule has 2 aromatic rings. The Morgan fingerprint density at radius 2 is 1.78 bits per heavy atom. The van der Waals surface area contributed by atoms with Gasteiger partial charge in [0.05, 0.1) is 5.56 Å². The number of likely N-dealkylation sites (tertiary alicyclic amines) is 1. The van der Waals surface area contributed by atoms with Crippen LogP contribution in [0.3, 0.4) is 0 Å². The second-order valence-electron chi connectivity index (χ2n) is 10.6. The molecule has 1 aliphatic heterocycles. The highest BCUT2D eigenvalue weighted by Crippen LogP contribution is 2.35. The van der Waals surface area contributed by atoms with Gasteiger partial charge in [-0.25, -0.2) is 4.39 Å². The fourth-order valence-electron chi connectivity index (χ4n) is 5.72. The Morgan fingerprint density at radius 1 is 1.03 bits per heavy atom. The van der Waals surface area contributed by atoms with Crippen LogP contribution < -0.4 is 11.1 Å². The van der Waals surface area contributed by atoms with Crippen molar-refractivity contribution >= 4 is 11.8 Å². The number of aromatic nitrogens is 1. The Hall–Kier alpha value is -2.84. The minimum absolute atomic E-state index is 0.0741. The number of benzene rings is 1. The summed E-state index contributed by atoms with van der Waals surface area (Å²) < 4.78 is 13.5. The maximum Gasteiger partial charge on any atom is 0.256 e. The summed E-state index contributed by atoms with van der Waals surface area (Å²) in [5.74, 6) is -0.460. The number of amides is 2. The first kappa shape index (κ1) is 24.8. The van der Waals surface area contributed by atoms with Gasteiger partial charge in [0.15, 0.2) is 0 Å². The zero-order valence-corrected chi connectivity index (χ0v) is 20.7. The largest absolute Gasteiger partial charge is 0.352 e. The zero-order valence-electron chi connectivity index (χ0n) is 20.7. The minimum atomic E-state index is -0.540. The monoisotopic (exact) mass is 493 g/mol. The van der Waals surface area contributed by atoms with Crippen molar-refractivity contribution in [1.82, 2.24) is 20.1 Å². The Balaban J connectivity index is 1.34. The van der Waals surface area contributed by atoms with E-state index in [-0.39, 0.29) is 35.8 Å². The molecule has 0 radical (unpaired) electrons. The van der Waals surface area contributed by atoms with Crippen LogP contribution in [0.25, 0.3) is 0 Å². The maximum absolute atomic E-state index is 13.6. The lowest BCUT2D eigenvalue weighted by atomic mass is 9.90. The van der Waals surface area contributed by atoms with E-state index in [0.717, 1.165) is 57.1 Å². The molecule has 2 atom stereocenters. The molecule has 2 saturated carbocycles. The third kappa shape index (κ3) is 5.93. The molecule has 0 bridgehead atoms. The normalized spacial score (nSPS) is 26.6. The van der Waals surface area contributed by atoms with Gasteiger partial charge in [-0.2, -0.15) is 0 Å². The predicted molar refractivity (Wildman–Crippen MR) is 135 cm³/mol. The predicted octanol–water partition coefficient (Wildman–Crippen LogP) is 3.24. The van der Waals surface area contributed by atoms with Gasteiger partial charge in [-0.05, 0) is 81.2 Å². The summed E-state index contributed by atoms with van der Waals surface area (Å²) in [4.78, 5) is 35.4. The number of rotatable bonds is 7. The lowest BCUT2D eigenvalue weighted by molar-refractivity contribution is -0.128. The van der Waals surface area contributed by atoms with Crippen molar-refractivity contribution in [2.24, 2.45) is 5.73 Å². The first-order chi connectivity index (χ1) is 17.5. The number of hydrogen-bond donors (Lipinski definition) is 2. The van der Waals surface area contributed by atoms with Gasteiger partial charge < -0.3 is 16.0 Å². The van der Waals surface area contributed by atoms with Crippen LogP contribution >= 0.6 is 0 Å². The molecule has 1 saturated heterocycles. The Kier molecular flexibility index (Phi) is 7.62. The Bertz CT molecular complexity index is 1040. The van der Waals surface area contributed by atoms with Gasteiger partial charge >= 0.3 is 0 Å². The molecule has 3 N–H and O–H groups in total. The summed E-state index contributed by atoms with van der Waals surface area (Å²) in [5.41, 5.74) is 7.63. The molecule has 3 aliphatic rings. The van der Waals surface area contributed by atoms with Gasteiger partial charge in [0.25, 0.3) is 5.91 Å². The summed E-state index contributed by atoms with van der Waals surface area (Å²) >= 11 is 0. The molecular weight excluding hydrogens is 457 g/mol. The van der Waals surface area contributed by atoms with E-state index < -0.39 is 6.04 Å². The topological polar surface area (TPSA) is 91.6 Å². The molecule has 3 fully saturated rings. The number of hydrogen-bond acceptors (Lipinski definition) is 5. The number of piperidine rings is 1. The highest BCUT2D eigenvalue weighted by atomic mass is 19.1. The zero-order chi connectivity index (χ0) is 25.1. The van der Waals surface area contributed by atoms with Gasteiger partial charge in [0, 0.05) is 49.7 Å². The molecule has 8 heteroatoms. The summed E-state index contributed by atoms with van der Waals surface area (Å²) in [5, 5.41) is 3.24. The summed E-state index contributed by atoms with van der Waals surface area (Å²) in [6.45, 7) is 1.24. The second-order valence-corrected chi connectivity index (χ2v) is 10.6. The Morgan fingerprint density at radius 3 is 2.44 bits per heavy atom. The highest BCUT2D eigenvalue weighted by molar-refractivity contribution is 5.97. The fourth-order valence-corrected chi connectivity index (χ4v) is 5.72. The van der Waals surface area contributed by atoms with E-state index >= 15 is 0 Å². The second kappa shape index (κ2) is 11.0. The van der Waals surface area contributed by atoms with Crippen molar-refractivity contribution in [3.05, 3.63) is 65.7 Å². The lowest BCUT2D eigenvalue weighted by Gasteiger charge is -2.43. The highest BCUT2D eigenvalue weighted by Gasteiger charge is 2.42. The summed E-state index contributed by atoms with van der Waals surface area (Å²) in [7, 11) is 0. The first-order valence-electron chi connectivity index (χ1n) is 13.2. The first-order valence-corrected chi connectivity index (χ1v) is 13.2. The molecule has 1 aromatic carbocycles. The number of carbonyl (C=O) groups excluding carboxylic acids is 2. The van der Waals surface area contributed by atoms with E-state index in [4.69, 9.17) is 5.73 Å². The van der Waals surface area contributed by atoms with Gasteiger partial charge in [-0.1, -0.05) is 12.1 Å². The molecule has 0 spiro atoms. The molecule has 2 amide bonds. The number of halogens is 1.